The van der Waals surface area contributed by atoms with E-state index in [4.69, 9.17) is 5.73 Å². The standard InChI is InChI=1S/C17H23FN2O2/c1-12(9-13-3-2-4-15(18)11-13)10-16(21)20-7-5-14(6-8-20)17(19)22/h2-4,11-12,14H,5-10H2,1H3,(H2,19,22). The molecule has 0 spiro atoms. The summed E-state index contributed by atoms with van der Waals surface area (Å²) in [6.45, 7) is 3.19. The van der Waals surface area contributed by atoms with Gasteiger partial charge in [0.2, 0.25) is 11.8 Å². The number of carbonyl (C=O) groups excluding carboxylic acids is 2. The largest absolute Gasteiger partial charge is 0.369 e. The van der Waals surface area contributed by atoms with Crippen LogP contribution in [0.1, 0.15) is 31.7 Å². The number of primary amides is 1. The van der Waals surface area contributed by atoms with Gasteiger partial charge in [0.05, 0.1) is 0 Å². The van der Waals surface area contributed by atoms with Gasteiger partial charge in [0, 0.05) is 25.4 Å². The molecule has 0 bridgehead atoms. The van der Waals surface area contributed by atoms with Gasteiger partial charge >= 0.3 is 0 Å². The average Bonchev–Trinajstić information content (AvgIpc) is 2.47. The Labute approximate surface area is 130 Å². The van der Waals surface area contributed by atoms with Crippen molar-refractivity contribution in [1.29, 1.82) is 0 Å². The van der Waals surface area contributed by atoms with Crippen LogP contribution in [-0.4, -0.2) is 29.8 Å². The normalized spacial score (nSPS) is 17.3. The third-order valence-electron chi connectivity index (χ3n) is 4.25. The Bertz CT molecular complexity index is 539. The van der Waals surface area contributed by atoms with Crippen molar-refractivity contribution in [3.8, 4) is 0 Å². The number of nitrogens with zero attached hydrogens (tertiary/aromatic N) is 1. The summed E-state index contributed by atoms with van der Waals surface area (Å²) in [7, 11) is 0. The molecule has 120 valence electrons. The zero-order chi connectivity index (χ0) is 16.1. The van der Waals surface area contributed by atoms with Crippen molar-refractivity contribution in [1.82, 2.24) is 4.90 Å². The van der Waals surface area contributed by atoms with Gasteiger partial charge in [-0.2, -0.15) is 0 Å². The second-order valence-electron chi connectivity index (χ2n) is 6.20. The van der Waals surface area contributed by atoms with Crippen LogP contribution in [0.2, 0.25) is 0 Å². The number of rotatable bonds is 5. The molecule has 1 aromatic carbocycles. The molecule has 2 rings (SSSR count). The molecule has 22 heavy (non-hydrogen) atoms. The Kier molecular flexibility index (Phi) is 5.52. The van der Waals surface area contributed by atoms with E-state index in [1.165, 1.54) is 12.1 Å². The van der Waals surface area contributed by atoms with Crippen molar-refractivity contribution in [3.05, 3.63) is 35.6 Å². The zero-order valence-electron chi connectivity index (χ0n) is 12.9. The van der Waals surface area contributed by atoms with Gasteiger partial charge in [-0.25, -0.2) is 4.39 Å². The van der Waals surface area contributed by atoms with Gasteiger partial charge in [-0.1, -0.05) is 19.1 Å². The quantitative estimate of drug-likeness (QED) is 0.905. The summed E-state index contributed by atoms with van der Waals surface area (Å²) in [6, 6.07) is 6.50. The first kappa shape index (κ1) is 16.5. The minimum absolute atomic E-state index is 0.103. The maximum absolute atomic E-state index is 13.2. The van der Waals surface area contributed by atoms with Gasteiger partial charge in [0.25, 0.3) is 0 Å². The molecule has 5 heteroatoms. The predicted octanol–water partition coefficient (Wildman–Crippen LogP) is 2.12. The molecular weight excluding hydrogens is 283 g/mol. The van der Waals surface area contributed by atoms with Crippen LogP contribution in [0, 0.1) is 17.7 Å². The average molecular weight is 306 g/mol. The van der Waals surface area contributed by atoms with Crippen LogP contribution in [0.5, 0.6) is 0 Å². The molecule has 1 heterocycles. The Morgan fingerprint density at radius 2 is 2.05 bits per heavy atom. The number of likely N-dealkylation sites (tertiary alicyclic amines) is 1. The van der Waals surface area contributed by atoms with Crippen LogP contribution in [0.15, 0.2) is 24.3 Å². The number of piperidine rings is 1. The molecule has 0 saturated carbocycles. The molecule has 0 aliphatic carbocycles. The Balaban J connectivity index is 1.80. The number of hydrogen-bond acceptors (Lipinski definition) is 2. The van der Waals surface area contributed by atoms with E-state index in [1.807, 2.05) is 17.9 Å². The van der Waals surface area contributed by atoms with E-state index in [9.17, 15) is 14.0 Å². The topological polar surface area (TPSA) is 63.4 Å². The van der Waals surface area contributed by atoms with Gasteiger partial charge in [0.15, 0.2) is 0 Å². The molecule has 4 nitrogen and oxygen atoms in total. The number of benzene rings is 1. The van der Waals surface area contributed by atoms with Crippen LogP contribution in [0.25, 0.3) is 0 Å². The van der Waals surface area contributed by atoms with Gasteiger partial charge in [0.1, 0.15) is 5.82 Å². The molecule has 1 fully saturated rings. The zero-order valence-corrected chi connectivity index (χ0v) is 12.9. The van der Waals surface area contributed by atoms with E-state index in [2.05, 4.69) is 0 Å². The van der Waals surface area contributed by atoms with Crippen molar-refractivity contribution in [2.45, 2.75) is 32.6 Å². The van der Waals surface area contributed by atoms with Gasteiger partial charge < -0.3 is 10.6 Å². The smallest absolute Gasteiger partial charge is 0.222 e. The number of carbonyl (C=O) groups is 2. The monoisotopic (exact) mass is 306 g/mol. The summed E-state index contributed by atoms with van der Waals surface area (Å²) in [5.74, 6) is -0.361. The van der Waals surface area contributed by atoms with Crippen LogP contribution < -0.4 is 5.73 Å². The van der Waals surface area contributed by atoms with Crippen molar-refractivity contribution in [2.75, 3.05) is 13.1 Å². The lowest BCUT2D eigenvalue weighted by Crippen LogP contribution is -2.42. The van der Waals surface area contributed by atoms with Crippen molar-refractivity contribution in [2.24, 2.45) is 17.6 Å². The fourth-order valence-electron chi connectivity index (χ4n) is 2.98. The van der Waals surface area contributed by atoms with Crippen LogP contribution in [0.4, 0.5) is 4.39 Å². The first-order valence-corrected chi connectivity index (χ1v) is 7.77. The van der Waals surface area contributed by atoms with Gasteiger partial charge in [-0.15, -0.1) is 0 Å². The predicted molar refractivity (Wildman–Crippen MR) is 82.4 cm³/mol. The lowest BCUT2D eigenvalue weighted by molar-refractivity contribution is -0.135. The highest BCUT2D eigenvalue weighted by molar-refractivity contribution is 5.79. The van der Waals surface area contributed by atoms with E-state index >= 15 is 0 Å². The van der Waals surface area contributed by atoms with Crippen molar-refractivity contribution >= 4 is 11.8 Å². The molecular formula is C17H23FN2O2. The maximum Gasteiger partial charge on any atom is 0.222 e. The van der Waals surface area contributed by atoms with Gasteiger partial charge in [-0.05, 0) is 42.9 Å². The van der Waals surface area contributed by atoms with E-state index < -0.39 is 0 Å². The molecule has 2 N–H and O–H groups in total. The lowest BCUT2D eigenvalue weighted by atomic mass is 9.94. The molecule has 0 aromatic heterocycles. The first-order valence-electron chi connectivity index (χ1n) is 7.77. The molecule has 1 saturated heterocycles. The summed E-state index contributed by atoms with van der Waals surface area (Å²) in [5, 5.41) is 0. The number of amides is 2. The molecule has 1 aliphatic rings. The van der Waals surface area contributed by atoms with E-state index in [0.717, 1.165) is 5.56 Å². The lowest BCUT2D eigenvalue weighted by Gasteiger charge is -2.31. The van der Waals surface area contributed by atoms with Crippen LogP contribution in [-0.2, 0) is 16.0 Å². The third-order valence-corrected chi connectivity index (χ3v) is 4.25. The highest BCUT2D eigenvalue weighted by Gasteiger charge is 2.26. The highest BCUT2D eigenvalue weighted by Crippen LogP contribution is 2.20. The summed E-state index contributed by atoms with van der Waals surface area (Å²) >= 11 is 0. The maximum atomic E-state index is 13.2. The van der Waals surface area contributed by atoms with Crippen molar-refractivity contribution in [3.63, 3.8) is 0 Å². The SMILES string of the molecule is CC(CC(=O)N1CCC(C(N)=O)CC1)Cc1cccc(F)c1. The highest BCUT2D eigenvalue weighted by atomic mass is 19.1. The van der Waals surface area contributed by atoms with E-state index in [1.54, 1.807) is 6.07 Å². The second-order valence-corrected chi connectivity index (χ2v) is 6.20. The van der Waals surface area contributed by atoms with Gasteiger partial charge in [-0.3, -0.25) is 9.59 Å². The molecule has 2 amide bonds. The summed E-state index contributed by atoms with van der Waals surface area (Å²) < 4.78 is 13.2. The van der Waals surface area contributed by atoms with Crippen LogP contribution in [0.3, 0.4) is 0 Å². The minimum atomic E-state index is -0.272. The minimum Gasteiger partial charge on any atom is -0.369 e. The Morgan fingerprint density at radius 1 is 1.36 bits per heavy atom. The summed E-state index contributed by atoms with van der Waals surface area (Å²) in [5.41, 5.74) is 6.20. The Morgan fingerprint density at radius 3 is 2.64 bits per heavy atom. The molecule has 1 aromatic rings. The van der Waals surface area contributed by atoms with E-state index in [-0.39, 0.29) is 29.5 Å². The molecule has 1 aliphatic heterocycles. The second kappa shape index (κ2) is 7.38. The van der Waals surface area contributed by atoms with E-state index in [0.29, 0.717) is 38.8 Å². The summed E-state index contributed by atoms with van der Waals surface area (Å²) in [4.78, 5) is 25.2. The third kappa shape index (κ3) is 4.55. The number of nitrogens with two attached hydrogens (primary N) is 1. The fourth-order valence-corrected chi connectivity index (χ4v) is 2.98. The molecule has 1 atom stereocenters. The number of hydrogen-bond donors (Lipinski definition) is 1. The number of halogens is 1. The molecule has 1 unspecified atom stereocenters. The molecule has 0 radical (unpaired) electrons. The fraction of sp³-hybridized carbons (Fsp3) is 0.529. The Hall–Kier alpha value is -1.91. The van der Waals surface area contributed by atoms with Crippen LogP contribution >= 0.6 is 0 Å². The van der Waals surface area contributed by atoms with Crippen molar-refractivity contribution < 1.29 is 14.0 Å². The summed E-state index contributed by atoms with van der Waals surface area (Å²) in [6.07, 6.45) is 2.43. The first-order chi connectivity index (χ1) is 10.5.